The number of morpholine rings is 1. The van der Waals surface area contributed by atoms with Crippen molar-refractivity contribution in [2.75, 3.05) is 42.7 Å². The molecule has 8 nitrogen and oxygen atoms in total. The number of rotatable bonds is 8. The molecular weight excluding hydrogens is 436 g/mol. The van der Waals surface area contributed by atoms with E-state index in [4.69, 9.17) is 8.92 Å². The van der Waals surface area contributed by atoms with Crippen molar-refractivity contribution in [3.8, 4) is 11.4 Å². The number of hydrogen-bond donors (Lipinski definition) is 0. The van der Waals surface area contributed by atoms with Crippen molar-refractivity contribution in [1.29, 1.82) is 0 Å². The molecule has 3 aromatic rings. The highest BCUT2D eigenvalue weighted by Crippen LogP contribution is 2.29. The van der Waals surface area contributed by atoms with Crippen LogP contribution in [0.25, 0.3) is 5.69 Å². The third kappa shape index (κ3) is 5.38. The van der Waals surface area contributed by atoms with E-state index in [2.05, 4.69) is 15.1 Å². The number of nitrogens with zero attached hydrogens (tertiary/aromatic N) is 4. The van der Waals surface area contributed by atoms with Crippen LogP contribution < -0.4 is 9.08 Å². The van der Waals surface area contributed by atoms with Crippen molar-refractivity contribution >= 4 is 27.8 Å². The van der Waals surface area contributed by atoms with Gasteiger partial charge in [0, 0.05) is 18.8 Å². The zero-order valence-corrected chi connectivity index (χ0v) is 18.8. The molecule has 31 heavy (non-hydrogen) atoms. The Morgan fingerprint density at radius 2 is 1.74 bits per heavy atom. The van der Waals surface area contributed by atoms with Gasteiger partial charge in [0.1, 0.15) is 5.75 Å². The Morgan fingerprint density at radius 1 is 1.03 bits per heavy atom. The molecule has 1 saturated heterocycles. The van der Waals surface area contributed by atoms with E-state index in [0.29, 0.717) is 29.9 Å². The van der Waals surface area contributed by atoms with Crippen LogP contribution in [-0.4, -0.2) is 61.0 Å². The second kappa shape index (κ2) is 9.71. The van der Waals surface area contributed by atoms with Crippen LogP contribution in [0.15, 0.2) is 59.8 Å². The molecule has 0 amide bonds. The van der Waals surface area contributed by atoms with Crippen LogP contribution in [0.2, 0.25) is 0 Å². The molecule has 0 aliphatic carbocycles. The molecular formula is C21H24N4O4S2. The van der Waals surface area contributed by atoms with Gasteiger partial charge in [0.15, 0.2) is 5.16 Å². The van der Waals surface area contributed by atoms with Crippen LogP contribution in [0.1, 0.15) is 5.56 Å². The van der Waals surface area contributed by atoms with Gasteiger partial charge in [-0.05, 0) is 30.7 Å². The third-order valence-electron chi connectivity index (χ3n) is 4.80. The second-order valence-electron chi connectivity index (χ2n) is 7.01. The molecule has 1 aromatic heterocycles. The number of aromatic nitrogens is 3. The van der Waals surface area contributed by atoms with E-state index in [9.17, 15) is 8.42 Å². The molecule has 164 valence electrons. The minimum absolute atomic E-state index is 0.139. The Kier molecular flexibility index (Phi) is 6.79. The highest BCUT2D eigenvalue weighted by atomic mass is 32.2. The van der Waals surface area contributed by atoms with Crippen molar-refractivity contribution in [3.05, 3.63) is 60.2 Å². The van der Waals surface area contributed by atoms with Crippen LogP contribution >= 0.6 is 11.8 Å². The van der Waals surface area contributed by atoms with Crippen molar-refractivity contribution in [2.24, 2.45) is 0 Å². The van der Waals surface area contributed by atoms with Crippen LogP contribution in [0.4, 0.5) is 5.95 Å². The fraction of sp³-hybridized carbons (Fsp3) is 0.333. The molecule has 10 heteroatoms. The van der Waals surface area contributed by atoms with E-state index in [-0.39, 0.29) is 5.75 Å². The molecule has 0 radical (unpaired) electrons. The average molecular weight is 461 g/mol. The van der Waals surface area contributed by atoms with Gasteiger partial charge in [0.25, 0.3) is 0 Å². The van der Waals surface area contributed by atoms with Gasteiger partial charge in [-0.1, -0.05) is 48.2 Å². The van der Waals surface area contributed by atoms with E-state index in [1.165, 1.54) is 11.8 Å². The number of para-hydroxylation sites is 2. The topological polar surface area (TPSA) is 86.5 Å². The standard InChI is InChI=1S/C21H24N4O4S2/c1-17-7-5-6-10-19(17)25-20(24-11-13-28-14-12-24)22-23-21(25)30-15-16-31(26,27)29-18-8-3-2-4-9-18/h2-10H,11-16H2,1H3. The van der Waals surface area contributed by atoms with Gasteiger partial charge in [-0.15, -0.1) is 10.2 Å². The SMILES string of the molecule is Cc1ccccc1-n1c(SCCS(=O)(=O)Oc2ccccc2)nnc1N1CCOCC1. The summed E-state index contributed by atoms with van der Waals surface area (Å²) in [4.78, 5) is 2.14. The van der Waals surface area contributed by atoms with Crippen LogP contribution in [0, 0.1) is 6.92 Å². The van der Waals surface area contributed by atoms with Gasteiger partial charge in [-0.25, -0.2) is 0 Å². The number of thioether (sulfide) groups is 1. The van der Waals surface area contributed by atoms with E-state index >= 15 is 0 Å². The largest absolute Gasteiger partial charge is 0.382 e. The Balaban J connectivity index is 1.53. The summed E-state index contributed by atoms with van der Waals surface area (Å²) in [6.07, 6.45) is 0. The van der Waals surface area contributed by atoms with Crippen LogP contribution in [0.5, 0.6) is 5.75 Å². The molecule has 2 heterocycles. The molecule has 0 N–H and O–H groups in total. The van der Waals surface area contributed by atoms with Gasteiger partial charge in [-0.2, -0.15) is 8.42 Å². The van der Waals surface area contributed by atoms with Crippen molar-refractivity contribution < 1.29 is 17.3 Å². The molecule has 4 rings (SSSR count). The van der Waals surface area contributed by atoms with Gasteiger partial charge < -0.3 is 13.8 Å². The molecule has 0 bridgehead atoms. The van der Waals surface area contributed by atoms with Crippen LogP contribution in [0.3, 0.4) is 0 Å². The minimum Gasteiger partial charge on any atom is -0.382 e. The van der Waals surface area contributed by atoms with Crippen molar-refractivity contribution in [3.63, 3.8) is 0 Å². The van der Waals surface area contributed by atoms with E-state index < -0.39 is 10.1 Å². The molecule has 0 unspecified atom stereocenters. The van der Waals surface area contributed by atoms with Gasteiger partial charge in [0.05, 0.1) is 24.7 Å². The predicted molar refractivity (Wildman–Crippen MR) is 121 cm³/mol. The number of benzene rings is 2. The van der Waals surface area contributed by atoms with Gasteiger partial charge in [0.2, 0.25) is 5.95 Å². The summed E-state index contributed by atoms with van der Waals surface area (Å²) >= 11 is 1.35. The fourth-order valence-corrected chi connectivity index (χ4v) is 5.48. The summed E-state index contributed by atoms with van der Waals surface area (Å²) in [5.74, 6) is 1.20. The summed E-state index contributed by atoms with van der Waals surface area (Å²) in [6, 6.07) is 16.5. The van der Waals surface area contributed by atoms with E-state index in [0.717, 1.165) is 30.3 Å². The zero-order chi connectivity index (χ0) is 21.7. The smallest absolute Gasteiger partial charge is 0.310 e. The lowest BCUT2D eigenvalue weighted by Crippen LogP contribution is -2.38. The first kappa shape index (κ1) is 21.7. The molecule has 2 aromatic carbocycles. The molecule has 0 saturated carbocycles. The average Bonchev–Trinajstić information content (AvgIpc) is 3.18. The predicted octanol–water partition coefficient (Wildman–Crippen LogP) is 2.91. The molecule has 0 spiro atoms. The maximum atomic E-state index is 12.4. The van der Waals surface area contributed by atoms with Gasteiger partial charge >= 0.3 is 10.1 Å². The lowest BCUT2D eigenvalue weighted by atomic mass is 10.2. The number of aryl methyl sites for hydroxylation is 1. The summed E-state index contributed by atoms with van der Waals surface area (Å²) in [5.41, 5.74) is 2.05. The minimum atomic E-state index is -3.71. The zero-order valence-electron chi connectivity index (χ0n) is 17.2. The summed E-state index contributed by atoms with van der Waals surface area (Å²) < 4.78 is 37.3. The number of hydrogen-bond acceptors (Lipinski definition) is 8. The molecule has 1 aliphatic rings. The fourth-order valence-electron chi connectivity index (χ4n) is 3.25. The van der Waals surface area contributed by atoms with Crippen molar-refractivity contribution in [1.82, 2.24) is 14.8 Å². The maximum Gasteiger partial charge on any atom is 0.310 e. The summed E-state index contributed by atoms with van der Waals surface area (Å²) in [7, 11) is -3.71. The highest BCUT2D eigenvalue weighted by molar-refractivity contribution is 8.00. The Bertz CT molecular complexity index is 1110. The molecule has 1 fully saturated rings. The first-order valence-corrected chi connectivity index (χ1v) is 12.5. The number of anilines is 1. The Morgan fingerprint density at radius 3 is 2.48 bits per heavy atom. The summed E-state index contributed by atoms with van der Waals surface area (Å²) in [5, 5.41) is 9.44. The lowest BCUT2D eigenvalue weighted by Gasteiger charge is -2.28. The first-order chi connectivity index (χ1) is 15.0. The highest BCUT2D eigenvalue weighted by Gasteiger charge is 2.23. The molecule has 0 atom stereocenters. The third-order valence-corrected chi connectivity index (χ3v) is 7.14. The first-order valence-electron chi connectivity index (χ1n) is 9.98. The maximum absolute atomic E-state index is 12.4. The lowest BCUT2D eigenvalue weighted by molar-refractivity contribution is 0.122. The monoisotopic (exact) mass is 460 g/mol. The quantitative estimate of drug-likeness (QED) is 0.375. The summed E-state index contributed by atoms with van der Waals surface area (Å²) in [6.45, 7) is 4.77. The van der Waals surface area contributed by atoms with Crippen molar-refractivity contribution in [2.45, 2.75) is 12.1 Å². The van der Waals surface area contributed by atoms with Crippen LogP contribution in [-0.2, 0) is 14.9 Å². The second-order valence-corrected chi connectivity index (χ2v) is 9.76. The normalized spacial score (nSPS) is 14.5. The Hall–Kier alpha value is -2.56. The Labute approximate surface area is 186 Å². The van der Waals surface area contributed by atoms with Gasteiger partial charge in [-0.3, -0.25) is 4.57 Å². The number of ether oxygens (including phenoxy) is 1. The van der Waals surface area contributed by atoms with E-state index in [1.54, 1.807) is 30.3 Å². The van der Waals surface area contributed by atoms with E-state index in [1.807, 2.05) is 35.8 Å². The molecule has 1 aliphatic heterocycles.